The molecule has 0 aromatic heterocycles. The molecule has 0 aliphatic carbocycles. The number of nitrogens with one attached hydrogen (secondary N) is 1. The normalized spacial score (nSPS) is 15.5. The Balaban J connectivity index is 1.95. The largest absolute Gasteiger partial charge is 0.476 e. The standard InChI is InChI=1S/C17H14ClNO3/c1-17(2)16(21)19-13-8-5-11(9-14(13)22-17)15(20)10-3-6-12(18)7-4-10/h3-9H,1-2H3,(H,19,21). The van der Waals surface area contributed by atoms with Crippen LogP contribution in [0, 0.1) is 0 Å². The SMILES string of the molecule is CC1(C)Oc2cc(C(=O)c3ccc(Cl)cc3)ccc2NC1=O. The Morgan fingerprint density at radius 3 is 2.41 bits per heavy atom. The molecule has 1 heterocycles. The highest BCUT2D eigenvalue weighted by Crippen LogP contribution is 2.34. The zero-order valence-electron chi connectivity index (χ0n) is 12.1. The van der Waals surface area contributed by atoms with Gasteiger partial charge < -0.3 is 10.1 Å². The van der Waals surface area contributed by atoms with Crippen molar-refractivity contribution in [2.45, 2.75) is 19.4 Å². The molecule has 0 spiro atoms. The number of halogens is 1. The summed E-state index contributed by atoms with van der Waals surface area (Å²) in [6.07, 6.45) is 0. The van der Waals surface area contributed by atoms with Crippen molar-refractivity contribution in [3.05, 3.63) is 58.6 Å². The summed E-state index contributed by atoms with van der Waals surface area (Å²) in [5.74, 6) is 0.152. The quantitative estimate of drug-likeness (QED) is 0.860. The number of ketones is 1. The van der Waals surface area contributed by atoms with Crippen LogP contribution in [-0.4, -0.2) is 17.3 Å². The van der Waals surface area contributed by atoms with Gasteiger partial charge in [0.15, 0.2) is 11.4 Å². The molecule has 22 heavy (non-hydrogen) atoms. The van der Waals surface area contributed by atoms with Crippen molar-refractivity contribution in [2.75, 3.05) is 5.32 Å². The third-order valence-electron chi connectivity index (χ3n) is 3.51. The molecule has 0 atom stereocenters. The molecule has 2 aromatic carbocycles. The lowest BCUT2D eigenvalue weighted by Crippen LogP contribution is -2.45. The highest BCUT2D eigenvalue weighted by molar-refractivity contribution is 6.30. The summed E-state index contributed by atoms with van der Waals surface area (Å²) in [6.45, 7) is 3.36. The van der Waals surface area contributed by atoms with Crippen molar-refractivity contribution in [3.8, 4) is 5.75 Å². The minimum Gasteiger partial charge on any atom is -0.476 e. The molecule has 0 unspecified atom stereocenters. The van der Waals surface area contributed by atoms with E-state index in [0.29, 0.717) is 27.6 Å². The van der Waals surface area contributed by atoms with Gasteiger partial charge in [0.05, 0.1) is 5.69 Å². The summed E-state index contributed by atoms with van der Waals surface area (Å²) in [6, 6.07) is 11.7. The van der Waals surface area contributed by atoms with Crippen LogP contribution in [0.4, 0.5) is 5.69 Å². The van der Waals surface area contributed by atoms with E-state index in [0.717, 1.165) is 0 Å². The smallest absolute Gasteiger partial charge is 0.268 e. The molecule has 0 radical (unpaired) electrons. The molecule has 112 valence electrons. The fourth-order valence-electron chi connectivity index (χ4n) is 2.21. The second-order valence-corrected chi connectivity index (χ2v) is 6.05. The van der Waals surface area contributed by atoms with Gasteiger partial charge in [-0.15, -0.1) is 0 Å². The molecule has 0 fully saturated rings. The lowest BCUT2D eigenvalue weighted by molar-refractivity contribution is -0.129. The van der Waals surface area contributed by atoms with E-state index >= 15 is 0 Å². The van der Waals surface area contributed by atoms with Crippen molar-refractivity contribution in [2.24, 2.45) is 0 Å². The molecule has 4 nitrogen and oxygen atoms in total. The molecule has 5 heteroatoms. The van der Waals surface area contributed by atoms with Gasteiger partial charge in [0, 0.05) is 16.1 Å². The summed E-state index contributed by atoms with van der Waals surface area (Å²) in [4.78, 5) is 24.3. The molecule has 0 saturated carbocycles. The number of carbonyl (C=O) groups excluding carboxylic acids is 2. The van der Waals surface area contributed by atoms with Gasteiger partial charge in [0.2, 0.25) is 0 Å². The minimum absolute atomic E-state index is 0.127. The third kappa shape index (κ3) is 2.57. The van der Waals surface area contributed by atoms with Gasteiger partial charge in [-0.05, 0) is 56.3 Å². The van der Waals surface area contributed by atoms with E-state index in [2.05, 4.69) is 5.32 Å². The Bertz CT molecular complexity index is 766. The second-order valence-electron chi connectivity index (χ2n) is 5.61. The van der Waals surface area contributed by atoms with E-state index in [1.807, 2.05) is 0 Å². The highest BCUT2D eigenvalue weighted by atomic mass is 35.5. The number of hydrogen-bond acceptors (Lipinski definition) is 3. The fourth-order valence-corrected chi connectivity index (χ4v) is 2.34. The molecule has 0 saturated heterocycles. The van der Waals surface area contributed by atoms with Gasteiger partial charge in [-0.25, -0.2) is 0 Å². The van der Waals surface area contributed by atoms with Crippen LogP contribution in [0.2, 0.25) is 5.02 Å². The van der Waals surface area contributed by atoms with Crippen LogP contribution in [0.3, 0.4) is 0 Å². The summed E-state index contributed by atoms with van der Waals surface area (Å²) >= 11 is 5.83. The van der Waals surface area contributed by atoms with Gasteiger partial charge in [-0.1, -0.05) is 11.6 Å². The van der Waals surface area contributed by atoms with Crippen molar-refractivity contribution < 1.29 is 14.3 Å². The number of anilines is 1. The molecule has 1 amide bonds. The van der Waals surface area contributed by atoms with Gasteiger partial charge in [-0.3, -0.25) is 9.59 Å². The first kappa shape index (κ1) is 14.6. The number of hydrogen-bond donors (Lipinski definition) is 1. The summed E-state index contributed by atoms with van der Waals surface area (Å²) < 4.78 is 5.69. The minimum atomic E-state index is -0.963. The van der Waals surface area contributed by atoms with Crippen LogP contribution in [0.25, 0.3) is 0 Å². The number of amides is 1. The summed E-state index contributed by atoms with van der Waals surface area (Å²) in [5, 5.41) is 3.35. The zero-order valence-corrected chi connectivity index (χ0v) is 12.9. The van der Waals surface area contributed by atoms with Crippen LogP contribution in [-0.2, 0) is 4.79 Å². The first-order valence-electron chi connectivity index (χ1n) is 6.81. The van der Waals surface area contributed by atoms with Crippen molar-refractivity contribution in [3.63, 3.8) is 0 Å². The predicted octanol–water partition coefficient (Wildman–Crippen LogP) is 3.68. The highest BCUT2D eigenvalue weighted by Gasteiger charge is 2.35. The monoisotopic (exact) mass is 315 g/mol. The average molecular weight is 316 g/mol. The molecular formula is C17H14ClNO3. The molecule has 2 aromatic rings. The Morgan fingerprint density at radius 2 is 1.73 bits per heavy atom. The number of fused-ring (bicyclic) bond motifs is 1. The van der Waals surface area contributed by atoms with E-state index in [1.54, 1.807) is 56.3 Å². The Hall–Kier alpha value is -2.33. The number of ether oxygens (including phenoxy) is 1. The average Bonchev–Trinajstić information content (AvgIpc) is 2.48. The number of rotatable bonds is 2. The third-order valence-corrected chi connectivity index (χ3v) is 3.76. The van der Waals surface area contributed by atoms with Crippen molar-refractivity contribution >= 4 is 29.0 Å². The fraction of sp³-hybridized carbons (Fsp3) is 0.176. The van der Waals surface area contributed by atoms with Gasteiger partial charge in [-0.2, -0.15) is 0 Å². The summed E-state index contributed by atoms with van der Waals surface area (Å²) in [5.41, 5.74) is 0.642. The van der Waals surface area contributed by atoms with Crippen LogP contribution in [0.1, 0.15) is 29.8 Å². The molecular weight excluding hydrogens is 302 g/mol. The van der Waals surface area contributed by atoms with Crippen LogP contribution in [0.15, 0.2) is 42.5 Å². The Labute approximate surface area is 133 Å². The maximum Gasteiger partial charge on any atom is 0.268 e. The maximum atomic E-state index is 12.5. The first-order chi connectivity index (χ1) is 10.4. The van der Waals surface area contributed by atoms with Crippen molar-refractivity contribution in [1.82, 2.24) is 0 Å². The van der Waals surface area contributed by atoms with Gasteiger partial charge in [0.1, 0.15) is 5.75 Å². The molecule has 3 rings (SSSR count). The maximum absolute atomic E-state index is 12.5. The zero-order chi connectivity index (χ0) is 15.9. The molecule has 1 aliphatic rings. The molecule has 0 bridgehead atoms. The Kier molecular flexibility index (Phi) is 3.41. The second kappa shape index (κ2) is 5.14. The number of benzene rings is 2. The lowest BCUT2D eigenvalue weighted by atomic mass is 10.0. The van der Waals surface area contributed by atoms with Crippen LogP contribution >= 0.6 is 11.6 Å². The van der Waals surface area contributed by atoms with E-state index < -0.39 is 5.60 Å². The van der Waals surface area contributed by atoms with Gasteiger partial charge in [0.25, 0.3) is 5.91 Å². The van der Waals surface area contributed by atoms with Gasteiger partial charge >= 0.3 is 0 Å². The molecule has 1 aliphatic heterocycles. The lowest BCUT2D eigenvalue weighted by Gasteiger charge is -2.31. The van der Waals surface area contributed by atoms with Crippen molar-refractivity contribution in [1.29, 1.82) is 0 Å². The van der Waals surface area contributed by atoms with E-state index in [9.17, 15) is 9.59 Å². The van der Waals surface area contributed by atoms with E-state index in [1.165, 1.54) is 0 Å². The first-order valence-corrected chi connectivity index (χ1v) is 7.19. The molecule has 1 N–H and O–H groups in total. The topological polar surface area (TPSA) is 55.4 Å². The summed E-state index contributed by atoms with van der Waals surface area (Å²) in [7, 11) is 0. The number of carbonyl (C=O) groups is 2. The van der Waals surface area contributed by atoms with E-state index in [4.69, 9.17) is 16.3 Å². The van der Waals surface area contributed by atoms with Crippen LogP contribution in [0.5, 0.6) is 5.75 Å². The Morgan fingerprint density at radius 1 is 1.09 bits per heavy atom. The van der Waals surface area contributed by atoms with Crippen LogP contribution < -0.4 is 10.1 Å². The van der Waals surface area contributed by atoms with E-state index in [-0.39, 0.29) is 11.7 Å². The predicted molar refractivity (Wildman–Crippen MR) is 84.7 cm³/mol.